The molecule has 1 aliphatic rings. The first kappa shape index (κ1) is 24.4. The van der Waals surface area contributed by atoms with Crippen molar-refractivity contribution in [3.8, 4) is 11.5 Å². The summed E-state index contributed by atoms with van der Waals surface area (Å²) in [5.41, 5.74) is 3.41. The summed E-state index contributed by atoms with van der Waals surface area (Å²) in [6.45, 7) is 7.45. The average molecular weight is 484 g/mol. The van der Waals surface area contributed by atoms with Crippen molar-refractivity contribution in [1.82, 2.24) is 14.9 Å². The molecule has 1 N–H and O–H groups in total. The number of nitrogens with zero attached hydrogens (tertiary/aromatic N) is 4. The molecule has 7 nitrogen and oxygen atoms in total. The topological polar surface area (TPSA) is 62.8 Å². The standard InChI is InChI=1S/C26H34ClN5O2/c1-17(2)31(3)22-9-7-6-8-18(22)16-32-12-10-19(11-13-32)28-25-20-14-23(33-4)24(34-5)15-21(20)29-26(27)30-25/h6-9,14-15,17,19H,10-13,16H2,1-5H3,(H,28,29,30). The van der Waals surface area contributed by atoms with Crippen molar-refractivity contribution in [3.63, 3.8) is 0 Å². The van der Waals surface area contributed by atoms with Crippen LogP contribution < -0.4 is 19.7 Å². The molecule has 1 saturated heterocycles. The van der Waals surface area contributed by atoms with E-state index in [2.05, 4.69) is 70.2 Å². The molecule has 0 bridgehead atoms. The fourth-order valence-corrected chi connectivity index (χ4v) is 4.65. The molecule has 0 unspecified atom stereocenters. The van der Waals surface area contributed by atoms with Crippen molar-refractivity contribution in [1.29, 1.82) is 0 Å². The SMILES string of the molecule is COc1cc2nc(Cl)nc(NC3CCN(Cc4ccccc4N(C)C(C)C)CC3)c2cc1OC. The third kappa shape index (κ3) is 5.31. The van der Waals surface area contributed by atoms with Gasteiger partial charge in [-0.05, 0) is 56.0 Å². The van der Waals surface area contributed by atoms with Gasteiger partial charge in [-0.15, -0.1) is 0 Å². The molecular weight excluding hydrogens is 450 g/mol. The van der Waals surface area contributed by atoms with E-state index in [-0.39, 0.29) is 5.28 Å². The minimum Gasteiger partial charge on any atom is -0.493 e. The highest BCUT2D eigenvalue weighted by Gasteiger charge is 2.22. The Morgan fingerprint density at radius 1 is 1.09 bits per heavy atom. The first-order valence-corrected chi connectivity index (χ1v) is 12.2. The highest BCUT2D eigenvalue weighted by Crippen LogP contribution is 2.35. The maximum atomic E-state index is 6.24. The third-order valence-electron chi connectivity index (χ3n) is 6.64. The fraction of sp³-hybridized carbons (Fsp3) is 0.462. The average Bonchev–Trinajstić information content (AvgIpc) is 2.84. The predicted molar refractivity (Wildman–Crippen MR) is 140 cm³/mol. The fourth-order valence-electron chi connectivity index (χ4n) is 4.47. The zero-order valence-corrected chi connectivity index (χ0v) is 21.4. The van der Waals surface area contributed by atoms with E-state index in [4.69, 9.17) is 21.1 Å². The summed E-state index contributed by atoms with van der Waals surface area (Å²) in [6.07, 6.45) is 2.05. The van der Waals surface area contributed by atoms with E-state index in [0.29, 0.717) is 23.6 Å². The largest absolute Gasteiger partial charge is 0.493 e. The second-order valence-corrected chi connectivity index (χ2v) is 9.43. The van der Waals surface area contributed by atoms with Crippen LogP contribution >= 0.6 is 11.6 Å². The predicted octanol–water partition coefficient (Wildman–Crippen LogP) is 5.22. The van der Waals surface area contributed by atoms with Crippen LogP contribution in [-0.4, -0.2) is 61.3 Å². The molecule has 1 aromatic heterocycles. The second-order valence-electron chi connectivity index (χ2n) is 9.09. The maximum absolute atomic E-state index is 6.24. The number of anilines is 2. The van der Waals surface area contributed by atoms with E-state index in [1.165, 1.54) is 11.3 Å². The Bertz CT molecular complexity index is 1130. The zero-order valence-electron chi connectivity index (χ0n) is 20.6. The Balaban J connectivity index is 1.45. The van der Waals surface area contributed by atoms with Crippen molar-refractivity contribution in [2.45, 2.75) is 45.3 Å². The van der Waals surface area contributed by atoms with Crippen LogP contribution in [0.15, 0.2) is 36.4 Å². The maximum Gasteiger partial charge on any atom is 0.224 e. The lowest BCUT2D eigenvalue weighted by atomic mass is 10.0. The summed E-state index contributed by atoms with van der Waals surface area (Å²) in [5.74, 6) is 1.99. The van der Waals surface area contributed by atoms with Crippen LogP contribution in [-0.2, 0) is 6.54 Å². The number of hydrogen-bond donors (Lipinski definition) is 1. The van der Waals surface area contributed by atoms with E-state index >= 15 is 0 Å². The lowest BCUT2D eigenvalue weighted by molar-refractivity contribution is 0.211. The Morgan fingerprint density at radius 2 is 1.76 bits per heavy atom. The van der Waals surface area contributed by atoms with E-state index in [0.717, 1.165) is 49.2 Å². The van der Waals surface area contributed by atoms with Gasteiger partial charge in [0.25, 0.3) is 0 Å². The summed E-state index contributed by atoms with van der Waals surface area (Å²) in [4.78, 5) is 13.7. The zero-order chi connectivity index (χ0) is 24.2. The number of ether oxygens (including phenoxy) is 2. The molecule has 2 heterocycles. The van der Waals surface area contributed by atoms with Gasteiger partial charge < -0.3 is 19.7 Å². The number of benzene rings is 2. The molecule has 0 radical (unpaired) electrons. The minimum atomic E-state index is 0.213. The minimum absolute atomic E-state index is 0.213. The number of fused-ring (bicyclic) bond motifs is 1. The lowest BCUT2D eigenvalue weighted by Gasteiger charge is -2.34. The van der Waals surface area contributed by atoms with Crippen LogP contribution in [0.1, 0.15) is 32.3 Å². The number of likely N-dealkylation sites (tertiary alicyclic amines) is 1. The molecule has 0 amide bonds. The number of hydrogen-bond acceptors (Lipinski definition) is 7. The third-order valence-corrected chi connectivity index (χ3v) is 6.81. The van der Waals surface area contributed by atoms with Crippen molar-refractivity contribution in [3.05, 3.63) is 47.2 Å². The smallest absolute Gasteiger partial charge is 0.224 e. The van der Waals surface area contributed by atoms with Gasteiger partial charge in [-0.1, -0.05) is 18.2 Å². The Hall–Kier alpha value is -2.77. The number of halogens is 1. The van der Waals surface area contributed by atoms with Gasteiger partial charge in [0.1, 0.15) is 5.82 Å². The first-order chi connectivity index (χ1) is 16.4. The first-order valence-electron chi connectivity index (χ1n) is 11.8. The van der Waals surface area contributed by atoms with Crippen LogP contribution in [0.2, 0.25) is 5.28 Å². The Morgan fingerprint density at radius 3 is 2.44 bits per heavy atom. The summed E-state index contributed by atoms with van der Waals surface area (Å²) in [5, 5.41) is 4.70. The van der Waals surface area contributed by atoms with Gasteiger partial charge in [0.05, 0.1) is 19.7 Å². The molecule has 1 fully saturated rings. The van der Waals surface area contributed by atoms with Crippen molar-refractivity contribution >= 4 is 34.0 Å². The van der Waals surface area contributed by atoms with Gasteiger partial charge in [0.15, 0.2) is 11.5 Å². The lowest BCUT2D eigenvalue weighted by Crippen LogP contribution is -2.39. The van der Waals surface area contributed by atoms with Crippen LogP contribution in [0.5, 0.6) is 11.5 Å². The highest BCUT2D eigenvalue weighted by atomic mass is 35.5. The molecule has 0 saturated carbocycles. The number of para-hydroxylation sites is 1. The van der Waals surface area contributed by atoms with E-state index in [9.17, 15) is 0 Å². The number of aromatic nitrogens is 2. The van der Waals surface area contributed by atoms with E-state index < -0.39 is 0 Å². The van der Waals surface area contributed by atoms with Crippen molar-refractivity contribution in [2.24, 2.45) is 0 Å². The van der Waals surface area contributed by atoms with Gasteiger partial charge in [-0.25, -0.2) is 9.97 Å². The van der Waals surface area contributed by atoms with Crippen LogP contribution in [0, 0.1) is 0 Å². The van der Waals surface area contributed by atoms with Crippen molar-refractivity contribution < 1.29 is 9.47 Å². The van der Waals surface area contributed by atoms with Gasteiger partial charge in [-0.3, -0.25) is 4.90 Å². The molecule has 4 rings (SSSR count). The molecule has 8 heteroatoms. The summed E-state index contributed by atoms with van der Waals surface area (Å²) < 4.78 is 10.9. The van der Waals surface area contributed by atoms with Crippen LogP contribution in [0.4, 0.5) is 11.5 Å². The normalized spacial score (nSPS) is 15.0. The summed E-state index contributed by atoms with van der Waals surface area (Å²) in [6, 6.07) is 13.2. The quantitative estimate of drug-likeness (QED) is 0.440. The number of methoxy groups -OCH3 is 2. The Labute approximate surface area is 207 Å². The summed E-state index contributed by atoms with van der Waals surface area (Å²) >= 11 is 6.24. The van der Waals surface area contributed by atoms with Gasteiger partial charge in [0.2, 0.25) is 5.28 Å². The van der Waals surface area contributed by atoms with Crippen LogP contribution in [0.25, 0.3) is 10.9 Å². The van der Waals surface area contributed by atoms with Gasteiger partial charge in [-0.2, -0.15) is 0 Å². The van der Waals surface area contributed by atoms with E-state index in [1.807, 2.05) is 12.1 Å². The summed E-state index contributed by atoms with van der Waals surface area (Å²) in [7, 11) is 5.40. The Kier molecular flexibility index (Phi) is 7.63. The number of nitrogens with one attached hydrogen (secondary N) is 1. The molecule has 0 spiro atoms. The number of piperidine rings is 1. The van der Waals surface area contributed by atoms with Gasteiger partial charge >= 0.3 is 0 Å². The molecule has 2 aromatic carbocycles. The molecule has 0 aliphatic carbocycles. The monoisotopic (exact) mass is 483 g/mol. The molecule has 34 heavy (non-hydrogen) atoms. The van der Waals surface area contributed by atoms with Crippen molar-refractivity contribution in [2.75, 3.05) is 44.6 Å². The molecular formula is C26H34ClN5O2. The van der Waals surface area contributed by atoms with Gasteiger partial charge in [0, 0.05) is 55.9 Å². The molecule has 182 valence electrons. The number of rotatable bonds is 8. The van der Waals surface area contributed by atoms with E-state index in [1.54, 1.807) is 14.2 Å². The highest BCUT2D eigenvalue weighted by molar-refractivity contribution is 6.28. The molecule has 0 atom stereocenters. The molecule has 1 aliphatic heterocycles. The van der Waals surface area contributed by atoms with Crippen LogP contribution in [0.3, 0.4) is 0 Å². The second kappa shape index (κ2) is 10.7. The molecule has 3 aromatic rings.